The molecule has 2 heterocycles. The van der Waals surface area contributed by atoms with E-state index in [0.717, 1.165) is 0 Å². The maximum Gasteiger partial charge on any atom is 0.271 e. The lowest BCUT2D eigenvalue weighted by Gasteiger charge is -2.09. The van der Waals surface area contributed by atoms with E-state index in [2.05, 4.69) is 31.4 Å². The molecule has 2 rings (SSSR count). The van der Waals surface area contributed by atoms with Gasteiger partial charge in [-0.05, 0) is 34.1 Å². The van der Waals surface area contributed by atoms with E-state index >= 15 is 0 Å². The molecular weight excluding hydrogens is 322 g/mol. The van der Waals surface area contributed by atoms with Crippen LogP contribution in [0.2, 0.25) is 0 Å². The zero-order valence-corrected chi connectivity index (χ0v) is 11.5. The van der Waals surface area contributed by atoms with Crippen molar-refractivity contribution in [2.45, 2.75) is 11.7 Å². The molecule has 1 aromatic rings. The monoisotopic (exact) mass is 331 g/mol. The summed E-state index contributed by atoms with van der Waals surface area (Å²) in [4.78, 5) is 4.05. The minimum atomic E-state index is -4.14. The average molecular weight is 332 g/mol. The van der Waals surface area contributed by atoms with Crippen molar-refractivity contribution >= 4 is 31.8 Å². The van der Waals surface area contributed by atoms with Crippen molar-refractivity contribution in [1.82, 2.24) is 10.4 Å². The number of hydrazone groups is 1. The van der Waals surface area contributed by atoms with Crippen LogP contribution in [0.3, 0.4) is 0 Å². The summed E-state index contributed by atoms with van der Waals surface area (Å²) in [5.41, 5.74) is 3.82. The second kappa shape index (κ2) is 5.17. The molecular formula is C10H10BrN3O3S. The number of nitrogens with zero attached hydrogens (tertiary/aromatic N) is 2. The van der Waals surface area contributed by atoms with E-state index in [-0.39, 0.29) is 6.42 Å². The molecule has 1 atom stereocenters. The van der Waals surface area contributed by atoms with Gasteiger partial charge in [0, 0.05) is 24.4 Å². The van der Waals surface area contributed by atoms with Crippen LogP contribution in [-0.4, -0.2) is 28.9 Å². The van der Waals surface area contributed by atoms with E-state index in [4.69, 9.17) is 4.55 Å². The Morgan fingerprint density at radius 3 is 2.83 bits per heavy atom. The molecule has 0 bridgehead atoms. The first-order valence-corrected chi connectivity index (χ1v) is 7.33. The summed E-state index contributed by atoms with van der Waals surface area (Å²) >= 11 is 3.21. The summed E-state index contributed by atoms with van der Waals surface area (Å²) in [5.74, 6) is 0. The highest BCUT2D eigenvalue weighted by Gasteiger charge is 2.24. The van der Waals surface area contributed by atoms with Crippen molar-refractivity contribution in [2.75, 3.05) is 0 Å². The van der Waals surface area contributed by atoms with Gasteiger partial charge in [0.25, 0.3) is 10.1 Å². The summed E-state index contributed by atoms with van der Waals surface area (Å²) < 4.78 is 32.1. The van der Waals surface area contributed by atoms with Crippen molar-refractivity contribution in [3.05, 3.63) is 40.8 Å². The van der Waals surface area contributed by atoms with E-state index in [9.17, 15) is 8.42 Å². The number of hydrogen-bond donors (Lipinski definition) is 2. The van der Waals surface area contributed by atoms with Gasteiger partial charge in [-0.15, -0.1) is 0 Å². The zero-order chi connectivity index (χ0) is 13.2. The Hall–Kier alpha value is -1.25. The molecule has 96 valence electrons. The Labute approximate surface area is 113 Å². The molecule has 1 aromatic heterocycles. The fourth-order valence-corrected chi connectivity index (χ4v) is 2.38. The van der Waals surface area contributed by atoms with Crippen LogP contribution in [0.5, 0.6) is 0 Å². The van der Waals surface area contributed by atoms with Crippen LogP contribution in [0.15, 0.2) is 40.3 Å². The molecule has 1 unspecified atom stereocenters. The van der Waals surface area contributed by atoms with Crippen LogP contribution < -0.4 is 5.43 Å². The Morgan fingerprint density at radius 1 is 1.44 bits per heavy atom. The number of pyridine rings is 1. The van der Waals surface area contributed by atoms with Crippen LogP contribution in [0.1, 0.15) is 12.0 Å². The van der Waals surface area contributed by atoms with Crippen LogP contribution in [0.4, 0.5) is 0 Å². The predicted molar refractivity (Wildman–Crippen MR) is 70.7 cm³/mol. The van der Waals surface area contributed by atoms with Crippen LogP contribution in [0.25, 0.3) is 0 Å². The lowest BCUT2D eigenvalue weighted by atomic mass is 10.1. The average Bonchev–Trinajstić information content (AvgIpc) is 2.55. The van der Waals surface area contributed by atoms with Crippen molar-refractivity contribution in [1.29, 1.82) is 0 Å². The summed E-state index contributed by atoms with van der Waals surface area (Å²) in [6, 6.07) is 3.50. The van der Waals surface area contributed by atoms with Gasteiger partial charge in [-0.2, -0.15) is 13.5 Å². The van der Waals surface area contributed by atoms with Gasteiger partial charge in [-0.25, -0.2) is 4.98 Å². The number of aromatic nitrogens is 1. The van der Waals surface area contributed by atoms with E-state index in [1.54, 1.807) is 18.3 Å². The van der Waals surface area contributed by atoms with Crippen LogP contribution in [0, 0.1) is 0 Å². The molecule has 0 amide bonds. The first-order chi connectivity index (χ1) is 8.47. The van der Waals surface area contributed by atoms with Crippen LogP contribution in [-0.2, 0) is 10.1 Å². The molecule has 0 spiro atoms. The highest BCUT2D eigenvalue weighted by Crippen LogP contribution is 2.15. The fraction of sp³-hybridized carbons (Fsp3) is 0.200. The first-order valence-electron chi connectivity index (χ1n) is 5.04. The summed E-state index contributed by atoms with van der Waals surface area (Å²) in [5, 5.41) is 3.03. The fourth-order valence-electron chi connectivity index (χ4n) is 1.50. The van der Waals surface area contributed by atoms with Crippen LogP contribution >= 0.6 is 15.9 Å². The van der Waals surface area contributed by atoms with Gasteiger partial charge in [0.05, 0.1) is 5.71 Å². The molecule has 1 aliphatic heterocycles. The van der Waals surface area contributed by atoms with Crippen molar-refractivity contribution in [3.8, 4) is 0 Å². The first kappa shape index (κ1) is 13.2. The van der Waals surface area contributed by atoms with Crippen molar-refractivity contribution in [3.63, 3.8) is 0 Å². The smallest absolute Gasteiger partial charge is 0.271 e. The third kappa shape index (κ3) is 3.15. The molecule has 0 radical (unpaired) electrons. The molecule has 0 saturated heterocycles. The number of hydrogen-bond acceptors (Lipinski definition) is 5. The summed E-state index contributed by atoms with van der Waals surface area (Å²) in [6.45, 7) is 0. The maximum atomic E-state index is 11.2. The van der Waals surface area contributed by atoms with Gasteiger partial charge in [0.2, 0.25) is 0 Å². The second-order valence-electron chi connectivity index (χ2n) is 3.67. The molecule has 18 heavy (non-hydrogen) atoms. The second-order valence-corrected chi connectivity index (χ2v) is 6.12. The number of nitrogens with one attached hydrogen (secondary N) is 1. The topological polar surface area (TPSA) is 91.7 Å². The highest BCUT2D eigenvalue weighted by molar-refractivity contribution is 9.10. The van der Waals surface area contributed by atoms with Gasteiger partial charge in [0.15, 0.2) is 0 Å². The molecule has 1 aliphatic rings. The molecule has 8 heteroatoms. The zero-order valence-electron chi connectivity index (χ0n) is 9.12. The van der Waals surface area contributed by atoms with E-state index < -0.39 is 15.4 Å². The lowest BCUT2D eigenvalue weighted by Crippen LogP contribution is -2.21. The SMILES string of the molecule is O=S(=O)(O)C1C=CNN=C(c2ccc(Br)nc2)C1. The number of halogens is 1. The molecule has 6 nitrogen and oxygen atoms in total. The maximum absolute atomic E-state index is 11.2. The third-order valence-electron chi connectivity index (χ3n) is 2.42. The molecule has 0 aromatic carbocycles. The van der Waals surface area contributed by atoms with Crippen molar-refractivity contribution < 1.29 is 13.0 Å². The molecule has 0 fully saturated rings. The molecule has 2 N–H and O–H groups in total. The molecule has 0 aliphatic carbocycles. The minimum absolute atomic E-state index is 0.0889. The van der Waals surface area contributed by atoms with Crippen molar-refractivity contribution in [2.24, 2.45) is 5.10 Å². The standard InChI is InChI=1S/C10H10BrN3O3S/c11-10-2-1-7(6-12-10)9-5-8(18(15,16)17)3-4-13-14-9/h1-4,6,8,13H,5H2,(H,15,16,17). The number of rotatable bonds is 2. The Balaban J connectivity index is 2.30. The Kier molecular flexibility index (Phi) is 3.79. The Bertz CT molecular complexity index is 595. The normalized spacial score (nSPS) is 19.9. The summed E-state index contributed by atoms with van der Waals surface area (Å²) in [6.07, 6.45) is 4.42. The van der Waals surface area contributed by atoms with E-state index in [1.807, 2.05) is 0 Å². The minimum Gasteiger partial charge on any atom is -0.286 e. The molecule has 0 saturated carbocycles. The quantitative estimate of drug-likeness (QED) is 0.629. The Morgan fingerprint density at radius 2 is 2.22 bits per heavy atom. The van der Waals surface area contributed by atoms with Gasteiger partial charge in [-0.3, -0.25) is 9.98 Å². The highest BCUT2D eigenvalue weighted by atomic mass is 79.9. The predicted octanol–water partition coefficient (Wildman–Crippen LogP) is 1.31. The van der Waals surface area contributed by atoms with Gasteiger partial charge < -0.3 is 0 Å². The van der Waals surface area contributed by atoms with E-state index in [1.165, 1.54) is 12.3 Å². The summed E-state index contributed by atoms with van der Waals surface area (Å²) in [7, 11) is -4.14. The van der Waals surface area contributed by atoms with Gasteiger partial charge in [0.1, 0.15) is 9.85 Å². The van der Waals surface area contributed by atoms with E-state index in [0.29, 0.717) is 15.9 Å². The largest absolute Gasteiger partial charge is 0.286 e. The van der Waals surface area contributed by atoms with Gasteiger partial charge in [-0.1, -0.05) is 0 Å². The lowest BCUT2D eigenvalue weighted by molar-refractivity contribution is 0.476. The third-order valence-corrected chi connectivity index (χ3v) is 3.98. The van der Waals surface area contributed by atoms with Gasteiger partial charge >= 0.3 is 0 Å².